The molecule has 0 spiro atoms. The Hall–Kier alpha value is -1.18. The summed E-state index contributed by atoms with van der Waals surface area (Å²) in [6.45, 7) is 1.02. The number of benzene rings is 1. The summed E-state index contributed by atoms with van der Waals surface area (Å²) in [6.07, 6.45) is 1.65. The van der Waals surface area contributed by atoms with Crippen molar-refractivity contribution in [2.75, 3.05) is 13.1 Å². The van der Waals surface area contributed by atoms with E-state index < -0.39 is 11.6 Å². The number of aliphatic carboxylic acids is 1. The second kappa shape index (κ2) is 5.55. The maximum Gasteiger partial charge on any atom is 0.307 e. The van der Waals surface area contributed by atoms with E-state index in [9.17, 15) is 4.79 Å². The Morgan fingerprint density at radius 1 is 1.43 bits per heavy atom. The fourth-order valence-corrected chi connectivity index (χ4v) is 3.73. The van der Waals surface area contributed by atoms with Crippen molar-refractivity contribution in [2.24, 2.45) is 0 Å². The summed E-state index contributed by atoms with van der Waals surface area (Å²) in [5.74, 6) is -0.293. The highest BCUT2D eigenvalue weighted by Gasteiger charge is 2.42. The molecule has 0 aliphatic carbocycles. The van der Waals surface area contributed by atoms with Crippen LogP contribution in [0.3, 0.4) is 0 Å². The van der Waals surface area contributed by atoms with Crippen molar-refractivity contribution in [3.05, 3.63) is 33.3 Å². The van der Waals surface area contributed by atoms with Crippen molar-refractivity contribution < 1.29 is 14.6 Å². The minimum Gasteiger partial charge on any atom is -0.481 e. The summed E-state index contributed by atoms with van der Waals surface area (Å²) < 4.78 is 7.73. The first-order valence-electron chi connectivity index (χ1n) is 6.35. The first-order chi connectivity index (χ1) is 10.0. The summed E-state index contributed by atoms with van der Waals surface area (Å²) >= 11 is 6.98. The van der Waals surface area contributed by atoms with Crippen molar-refractivity contribution in [3.63, 3.8) is 0 Å². The number of carboxylic acids is 1. The van der Waals surface area contributed by atoms with Crippen molar-refractivity contribution in [1.29, 1.82) is 0 Å². The van der Waals surface area contributed by atoms with Gasteiger partial charge in [0.15, 0.2) is 5.75 Å². The summed E-state index contributed by atoms with van der Waals surface area (Å²) in [5, 5.41) is 13.1. The van der Waals surface area contributed by atoms with Crippen LogP contribution in [0.5, 0.6) is 5.75 Å². The van der Waals surface area contributed by atoms with Crippen LogP contribution in [0.2, 0.25) is 0 Å². The number of fused-ring (bicyclic) bond motifs is 1. The van der Waals surface area contributed by atoms with Crippen molar-refractivity contribution in [1.82, 2.24) is 10.3 Å². The Morgan fingerprint density at radius 3 is 2.81 bits per heavy atom. The molecular formula is C14H12Br2N2O3. The highest BCUT2D eigenvalue weighted by molar-refractivity contribution is 9.11. The standard InChI is InChI=1S/C14H12Br2N2O3/c15-9-4-10(16)13(12-8(9)2-1-3-18-12)21-14(5-11(19)20)6-17-7-14/h1-4,17H,5-7H2,(H,19,20). The van der Waals surface area contributed by atoms with Gasteiger partial charge in [-0.15, -0.1) is 0 Å². The number of aromatic nitrogens is 1. The molecule has 2 heterocycles. The largest absolute Gasteiger partial charge is 0.481 e. The maximum absolute atomic E-state index is 11.1. The normalized spacial score (nSPS) is 16.5. The highest BCUT2D eigenvalue weighted by Crippen LogP contribution is 2.40. The fourth-order valence-electron chi connectivity index (χ4n) is 2.37. The van der Waals surface area contributed by atoms with Gasteiger partial charge in [-0.05, 0) is 28.1 Å². The van der Waals surface area contributed by atoms with Crippen LogP contribution in [0, 0.1) is 0 Å². The molecule has 0 atom stereocenters. The van der Waals surface area contributed by atoms with Crippen LogP contribution >= 0.6 is 31.9 Å². The molecule has 0 radical (unpaired) electrons. The average Bonchev–Trinajstić information content (AvgIpc) is 2.40. The lowest BCUT2D eigenvalue weighted by Gasteiger charge is -2.41. The number of hydrogen-bond donors (Lipinski definition) is 2. The molecule has 1 aliphatic heterocycles. The van der Waals surface area contributed by atoms with Gasteiger partial charge in [-0.25, -0.2) is 0 Å². The number of pyridine rings is 1. The second-order valence-corrected chi connectivity index (χ2v) is 6.74. The molecule has 5 nitrogen and oxygen atoms in total. The predicted octanol–water partition coefficient (Wildman–Crippen LogP) is 2.96. The number of nitrogens with one attached hydrogen (secondary N) is 1. The van der Waals surface area contributed by atoms with E-state index >= 15 is 0 Å². The Morgan fingerprint density at radius 2 is 2.19 bits per heavy atom. The van der Waals surface area contributed by atoms with Gasteiger partial charge < -0.3 is 15.2 Å². The summed E-state index contributed by atoms with van der Waals surface area (Å²) in [4.78, 5) is 15.4. The molecule has 21 heavy (non-hydrogen) atoms. The number of ether oxygens (including phenoxy) is 1. The molecule has 0 amide bonds. The van der Waals surface area contributed by atoms with Crippen molar-refractivity contribution >= 4 is 48.7 Å². The number of hydrogen-bond acceptors (Lipinski definition) is 4. The number of carbonyl (C=O) groups is 1. The molecule has 3 rings (SSSR count). The zero-order chi connectivity index (χ0) is 15.0. The van der Waals surface area contributed by atoms with Gasteiger partial charge in [0.1, 0.15) is 11.1 Å². The van der Waals surface area contributed by atoms with E-state index in [1.807, 2.05) is 18.2 Å². The van der Waals surface area contributed by atoms with E-state index in [2.05, 4.69) is 42.2 Å². The van der Waals surface area contributed by atoms with E-state index in [-0.39, 0.29) is 6.42 Å². The molecule has 2 aromatic rings. The first kappa shape index (κ1) is 14.7. The van der Waals surface area contributed by atoms with Gasteiger partial charge in [0, 0.05) is 29.1 Å². The van der Waals surface area contributed by atoms with Crippen LogP contribution in [0.4, 0.5) is 0 Å². The third-order valence-corrected chi connectivity index (χ3v) is 4.68. The third-order valence-electron chi connectivity index (χ3n) is 3.44. The number of halogens is 2. The zero-order valence-corrected chi connectivity index (χ0v) is 14.1. The SMILES string of the molecule is O=C(O)CC1(Oc2c(Br)cc(Br)c3cccnc23)CNC1. The monoisotopic (exact) mass is 414 g/mol. The minimum atomic E-state index is -0.873. The van der Waals surface area contributed by atoms with Crippen molar-refractivity contribution in [2.45, 2.75) is 12.0 Å². The lowest BCUT2D eigenvalue weighted by atomic mass is 9.92. The van der Waals surface area contributed by atoms with Crippen LogP contribution in [0.25, 0.3) is 10.9 Å². The molecule has 110 valence electrons. The topological polar surface area (TPSA) is 71.5 Å². The number of carboxylic acid groups (broad SMARTS) is 1. The molecule has 1 aliphatic rings. The van der Waals surface area contributed by atoms with Gasteiger partial charge in [-0.1, -0.05) is 22.0 Å². The molecule has 2 N–H and O–H groups in total. The molecule has 0 bridgehead atoms. The molecular weight excluding hydrogens is 404 g/mol. The van der Waals surface area contributed by atoms with Gasteiger partial charge in [0.2, 0.25) is 0 Å². The van der Waals surface area contributed by atoms with Gasteiger partial charge in [-0.2, -0.15) is 0 Å². The smallest absolute Gasteiger partial charge is 0.307 e. The lowest BCUT2D eigenvalue weighted by molar-refractivity contribution is -0.143. The van der Waals surface area contributed by atoms with Crippen LogP contribution in [0.1, 0.15) is 6.42 Å². The quantitative estimate of drug-likeness (QED) is 0.803. The zero-order valence-electron chi connectivity index (χ0n) is 10.9. The minimum absolute atomic E-state index is 0.0448. The average molecular weight is 416 g/mol. The van der Waals surface area contributed by atoms with E-state index in [4.69, 9.17) is 9.84 Å². The number of rotatable bonds is 4. The Balaban J connectivity index is 2.06. The van der Waals surface area contributed by atoms with Crippen LogP contribution in [-0.2, 0) is 4.79 Å². The Kier molecular flexibility index (Phi) is 3.90. The van der Waals surface area contributed by atoms with Gasteiger partial charge in [0.25, 0.3) is 0 Å². The van der Waals surface area contributed by atoms with Crippen molar-refractivity contribution in [3.8, 4) is 5.75 Å². The van der Waals surface area contributed by atoms with E-state index in [1.54, 1.807) is 6.20 Å². The lowest BCUT2D eigenvalue weighted by Crippen LogP contribution is -2.64. The Labute approximate surface area is 138 Å². The molecule has 1 aromatic carbocycles. The summed E-state index contributed by atoms with van der Waals surface area (Å²) in [5.41, 5.74) is -0.0116. The van der Waals surface area contributed by atoms with Gasteiger partial charge in [0.05, 0.1) is 10.9 Å². The van der Waals surface area contributed by atoms with Gasteiger partial charge >= 0.3 is 5.97 Å². The van der Waals surface area contributed by atoms with Crippen LogP contribution in [-0.4, -0.2) is 34.8 Å². The highest BCUT2D eigenvalue weighted by atomic mass is 79.9. The van der Waals surface area contributed by atoms with Crippen LogP contribution in [0.15, 0.2) is 33.3 Å². The molecule has 1 fully saturated rings. The molecule has 0 unspecified atom stereocenters. The van der Waals surface area contributed by atoms with Gasteiger partial charge in [-0.3, -0.25) is 9.78 Å². The summed E-state index contributed by atoms with van der Waals surface area (Å²) in [6, 6.07) is 5.68. The molecule has 7 heteroatoms. The fraction of sp³-hybridized carbons (Fsp3) is 0.286. The summed E-state index contributed by atoms with van der Waals surface area (Å²) in [7, 11) is 0. The molecule has 1 aromatic heterocycles. The maximum atomic E-state index is 11.1. The number of nitrogens with zero attached hydrogens (tertiary/aromatic N) is 1. The van der Waals surface area contributed by atoms with Crippen LogP contribution < -0.4 is 10.1 Å². The second-order valence-electron chi connectivity index (χ2n) is 5.03. The third kappa shape index (κ3) is 2.77. The van der Waals surface area contributed by atoms with E-state index in [1.165, 1.54) is 0 Å². The molecule has 0 saturated carbocycles. The molecule has 1 saturated heterocycles. The first-order valence-corrected chi connectivity index (χ1v) is 7.94. The predicted molar refractivity (Wildman–Crippen MR) is 85.6 cm³/mol. The van der Waals surface area contributed by atoms with E-state index in [0.29, 0.717) is 24.4 Å². The van der Waals surface area contributed by atoms with E-state index in [0.717, 1.165) is 14.3 Å². The Bertz CT molecular complexity index is 717.